The highest BCUT2D eigenvalue weighted by Gasteiger charge is 2.33. The first kappa shape index (κ1) is 16.2. The van der Waals surface area contributed by atoms with Crippen molar-refractivity contribution in [2.75, 3.05) is 6.61 Å². The van der Waals surface area contributed by atoms with E-state index in [1.807, 2.05) is 32.9 Å². The molecule has 1 atom stereocenters. The summed E-state index contributed by atoms with van der Waals surface area (Å²) in [4.78, 5) is 23.5. The van der Waals surface area contributed by atoms with Crippen molar-refractivity contribution in [2.24, 2.45) is 0 Å². The van der Waals surface area contributed by atoms with Gasteiger partial charge < -0.3 is 9.84 Å². The highest BCUT2D eigenvalue weighted by atomic mass is 16.5. The maximum Gasteiger partial charge on any atom is 0.324 e. The molecule has 0 radical (unpaired) electrons. The second kappa shape index (κ2) is 7.08. The third-order valence-electron chi connectivity index (χ3n) is 3.32. The van der Waals surface area contributed by atoms with E-state index in [1.165, 1.54) is 0 Å². The van der Waals surface area contributed by atoms with E-state index in [0.29, 0.717) is 18.4 Å². The van der Waals surface area contributed by atoms with Crippen molar-refractivity contribution < 1.29 is 19.4 Å². The van der Waals surface area contributed by atoms with Crippen molar-refractivity contribution in [3.05, 3.63) is 34.4 Å². The van der Waals surface area contributed by atoms with E-state index in [9.17, 15) is 14.7 Å². The normalized spacial score (nSPS) is 12.0. The van der Waals surface area contributed by atoms with Crippen molar-refractivity contribution in [2.45, 2.75) is 46.5 Å². The molecule has 1 aromatic rings. The van der Waals surface area contributed by atoms with E-state index in [1.54, 1.807) is 6.92 Å². The summed E-state index contributed by atoms with van der Waals surface area (Å²) in [5, 5.41) is 9.43. The predicted octanol–water partition coefficient (Wildman–Crippen LogP) is 2.85. The lowest BCUT2D eigenvalue weighted by Crippen LogP contribution is -2.26. The van der Waals surface area contributed by atoms with Crippen LogP contribution in [-0.2, 0) is 27.2 Å². The van der Waals surface area contributed by atoms with Crippen molar-refractivity contribution in [1.29, 1.82) is 0 Å². The highest BCUT2D eigenvalue weighted by Crippen LogP contribution is 2.28. The minimum Gasteiger partial charge on any atom is -0.480 e. The molecule has 0 aliphatic rings. The van der Waals surface area contributed by atoms with E-state index >= 15 is 0 Å². The Morgan fingerprint density at radius 3 is 2.00 bits per heavy atom. The van der Waals surface area contributed by atoms with E-state index in [-0.39, 0.29) is 6.61 Å². The first-order chi connectivity index (χ1) is 9.46. The monoisotopic (exact) mass is 278 g/mol. The fourth-order valence-corrected chi connectivity index (χ4v) is 2.48. The number of carboxylic acids is 1. The molecule has 0 saturated carbocycles. The Balaban J connectivity index is 3.45. The average Bonchev–Trinajstić information content (AvgIpc) is 2.39. The van der Waals surface area contributed by atoms with Crippen LogP contribution in [0.3, 0.4) is 0 Å². The molecule has 4 heteroatoms. The molecule has 110 valence electrons. The van der Waals surface area contributed by atoms with Gasteiger partial charge in [-0.1, -0.05) is 31.5 Å². The van der Waals surface area contributed by atoms with Gasteiger partial charge in [0.15, 0.2) is 5.92 Å². The van der Waals surface area contributed by atoms with Gasteiger partial charge in [0.1, 0.15) is 0 Å². The molecule has 1 aromatic carbocycles. The smallest absolute Gasteiger partial charge is 0.324 e. The molecule has 0 amide bonds. The van der Waals surface area contributed by atoms with Crippen LogP contribution in [0.1, 0.15) is 48.9 Å². The summed E-state index contributed by atoms with van der Waals surface area (Å²) in [6, 6.07) is 3.90. The summed E-state index contributed by atoms with van der Waals surface area (Å²) in [7, 11) is 0. The molecule has 1 N–H and O–H groups in total. The molecule has 0 aliphatic heterocycles. The number of aliphatic carboxylic acids is 1. The Kier molecular flexibility index (Phi) is 5.74. The molecule has 20 heavy (non-hydrogen) atoms. The zero-order valence-corrected chi connectivity index (χ0v) is 12.5. The zero-order valence-electron chi connectivity index (χ0n) is 12.5. The molecule has 0 aromatic heterocycles. The first-order valence-electron chi connectivity index (χ1n) is 6.97. The van der Waals surface area contributed by atoms with Crippen LogP contribution in [0.2, 0.25) is 0 Å². The van der Waals surface area contributed by atoms with Gasteiger partial charge in [0.2, 0.25) is 0 Å². The van der Waals surface area contributed by atoms with Crippen LogP contribution in [0.4, 0.5) is 0 Å². The minimum absolute atomic E-state index is 0.178. The Morgan fingerprint density at radius 1 is 1.15 bits per heavy atom. The van der Waals surface area contributed by atoms with E-state index in [0.717, 1.165) is 16.7 Å². The zero-order chi connectivity index (χ0) is 15.3. The predicted molar refractivity (Wildman–Crippen MR) is 76.9 cm³/mol. The molecule has 0 saturated heterocycles. The van der Waals surface area contributed by atoms with Crippen LogP contribution in [0, 0.1) is 6.92 Å². The summed E-state index contributed by atoms with van der Waals surface area (Å²) in [5.41, 5.74) is 3.49. The number of esters is 1. The Labute approximate surface area is 119 Å². The molecule has 0 bridgehead atoms. The molecule has 0 spiro atoms. The lowest BCUT2D eigenvalue weighted by atomic mass is 9.86. The van der Waals surface area contributed by atoms with Crippen molar-refractivity contribution in [3.63, 3.8) is 0 Å². The number of ether oxygens (including phenoxy) is 1. The van der Waals surface area contributed by atoms with Gasteiger partial charge in [0.25, 0.3) is 0 Å². The fraction of sp³-hybridized carbons (Fsp3) is 0.500. The molecule has 1 rings (SSSR count). The maximum atomic E-state index is 12.0. The van der Waals surface area contributed by atoms with Crippen molar-refractivity contribution in [1.82, 2.24) is 0 Å². The first-order valence-corrected chi connectivity index (χ1v) is 6.97. The number of aryl methyl sites for hydroxylation is 3. The number of carboxylic acid groups (broad SMARTS) is 1. The van der Waals surface area contributed by atoms with Crippen LogP contribution in [0.25, 0.3) is 0 Å². The number of carbonyl (C=O) groups is 2. The molecule has 0 fully saturated rings. The summed E-state index contributed by atoms with van der Waals surface area (Å²) >= 11 is 0. The van der Waals surface area contributed by atoms with E-state index < -0.39 is 17.9 Å². The summed E-state index contributed by atoms with van der Waals surface area (Å²) in [6.45, 7) is 7.75. The highest BCUT2D eigenvalue weighted by molar-refractivity contribution is 6.00. The van der Waals surface area contributed by atoms with Gasteiger partial charge in [-0.05, 0) is 43.4 Å². The number of benzene rings is 1. The minimum atomic E-state index is -1.24. The summed E-state index contributed by atoms with van der Waals surface area (Å²) in [5.74, 6) is -3.08. The molecule has 0 aliphatic carbocycles. The largest absolute Gasteiger partial charge is 0.480 e. The Hall–Kier alpha value is -1.84. The van der Waals surface area contributed by atoms with Crippen LogP contribution in [0.5, 0.6) is 0 Å². The summed E-state index contributed by atoms with van der Waals surface area (Å²) in [6.07, 6.45) is 1.38. The SMILES string of the molecule is CCOC(=O)C(C(=O)O)c1c(CC)cc(C)cc1CC. The molecular weight excluding hydrogens is 256 g/mol. The third kappa shape index (κ3) is 3.38. The average molecular weight is 278 g/mol. The standard InChI is InChI=1S/C16H22O4/c1-5-11-8-10(4)9-12(6-2)13(11)14(15(17)18)16(19)20-7-3/h8-9,14H,5-7H2,1-4H3,(H,17,18). The topological polar surface area (TPSA) is 63.6 Å². The number of rotatable bonds is 6. The second-order valence-corrected chi connectivity index (χ2v) is 4.73. The van der Waals surface area contributed by atoms with Gasteiger partial charge in [-0.25, -0.2) is 0 Å². The van der Waals surface area contributed by atoms with Crippen LogP contribution >= 0.6 is 0 Å². The van der Waals surface area contributed by atoms with E-state index in [4.69, 9.17) is 4.74 Å². The van der Waals surface area contributed by atoms with E-state index in [2.05, 4.69) is 0 Å². The van der Waals surface area contributed by atoms with Crippen LogP contribution < -0.4 is 0 Å². The number of hydrogen-bond donors (Lipinski definition) is 1. The maximum absolute atomic E-state index is 12.0. The quantitative estimate of drug-likeness (QED) is 0.642. The third-order valence-corrected chi connectivity index (χ3v) is 3.32. The lowest BCUT2D eigenvalue weighted by Gasteiger charge is -2.19. The molecule has 0 heterocycles. The second-order valence-electron chi connectivity index (χ2n) is 4.73. The van der Waals surface area contributed by atoms with Gasteiger partial charge in [0, 0.05) is 0 Å². The summed E-state index contributed by atoms with van der Waals surface area (Å²) < 4.78 is 4.93. The van der Waals surface area contributed by atoms with Gasteiger partial charge in [-0.3, -0.25) is 9.59 Å². The van der Waals surface area contributed by atoms with Crippen molar-refractivity contribution in [3.8, 4) is 0 Å². The van der Waals surface area contributed by atoms with Gasteiger partial charge in [0.05, 0.1) is 6.61 Å². The van der Waals surface area contributed by atoms with Gasteiger partial charge in [-0.2, -0.15) is 0 Å². The lowest BCUT2D eigenvalue weighted by molar-refractivity contribution is -0.153. The van der Waals surface area contributed by atoms with Gasteiger partial charge in [-0.15, -0.1) is 0 Å². The van der Waals surface area contributed by atoms with Crippen LogP contribution in [0.15, 0.2) is 12.1 Å². The van der Waals surface area contributed by atoms with Crippen molar-refractivity contribution >= 4 is 11.9 Å². The van der Waals surface area contributed by atoms with Gasteiger partial charge >= 0.3 is 11.9 Å². The Bertz CT molecular complexity index is 480. The van der Waals surface area contributed by atoms with Crippen LogP contribution in [-0.4, -0.2) is 23.7 Å². The number of hydrogen-bond acceptors (Lipinski definition) is 3. The molecule has 1 unspecified atom stereocenters. The fourth-order valence-electron chi connectivity index (χ4n) is 2.48. The Morgan fingerprint density at radius 2 is 1.65 bits per heavy atom. The number of carbonyl (C=O) groups excluding carboxylic acids is 1. The molecular formula is C16H22O4. The molecule has 4 nitrogen and oxygen atoms in total.